The standard InChI is InChI=1S/C19H18Cl2N2OS/c1-25-11-19(24)23-10-15(13-7-6-12(20)8-17(13)21)16-9-22-18-5-3-2-4-14(16)18/h2-9,15,22H,10-11H2,1H3,(H,23,24). The average molecular weight is 393 g/mol. The van der Waals surface area contributed by atoms with Gasteiger partial charge in [0.15, 0.2) is 0 Å². The maximum absolute atomic E-state index is 12.0. The zero-order chi connectivity index (χ0) is 17.8. The van der Waals surface area contributed by atoms with E-state index in [1.165, 1.54) is 11.8 Å². The van der Waals surface area contributed by atoms with Gasteiger partial charge in [0.25, 0.3) is 0 Å². The van der Waals surface area contributed by atoms with Gasteiger partial charge < -0.3 is 10.3 Å². The summed E-state index contributed by atoms with van der Waals surface area (Å²) in [5, 5.41) is 5.33. The summed E-state index contributed by atoms with van der Waals surface area (Å²) in [5.74, 6) is 0.392. The van der Waals surface area contributed by atoms with Crippen molar-refractivity contribution in [3.8, 4) is 0 Å². The minimum Gasteiger partial charge on any atom is -0.361 e. The number of aromatic nitrogens is 1. The quantitative estimate of drug-likeness (QED) is 0.613. The summed E-state index contributed by atoms with van der Waals surface area (Å²) in [5.41, 5.74) is 3.10. The number of carbonyl (C=O) groups excluding carboxylic acids is 1. The number of benzene rings is 2. The number of carbonyl (C=O) groups is 1. The lowest BCUT2D eigenvalue weighted by Crippen LogP contribution is -2.30. The maximum atomic E-state index is 12.0. The van der Waals surface area contributed by atoms with Crippen LogP contribution in [0.3, 0.4) is 0 Å². The van der Waals surface area contributed by atoms with Gasteiger partial charge in [-0.25, -0.2) is 0 Å². The van der Waals surface area contributed by atoms with Crippen LogP contribution in [0.1, 0.15) is 17.0 Å². The van der Waals surface area contributed by atoms with E-state index < -0.39 is 0 Å². The predicted octanol–water partition coefficient (Wildman–Crippen LogP) is 5.09. The van der Waals surface area contributed by atoms with Gasteiger partial charge in [-0.1, -0.05) is 47.5 Å². The van der Waals surface area contributed by atoms with Gasteiger partial charge in [0.2, 0.25) is 5.91 Å². The third-order valence-corrected chi connectivity index (χ3v) is 5.23. The van der Waals surface area contributed by atoms with E-state index in [1.807, 2.05) is 42.8 Å². The van der Waals surface area contributed by atoms with Gasteiger partial charge in [0, 0.05) is 39.6 Å². The van der Waals surface area contributed by atoms with Crippen LogP contribution in [-0.4, -0.2) is 29.4 Å². The molecule has 0 aliphatic carbocycles. The highest BCUT2D eigenvalue weighted by Crippen LogP contribution is 2.35. The molecule has 1 atom stereocenters. The molecule has 1 aromatic heterocycles. The van der Waals surface area contributed by atoms with Crippen LogP contribution in [0, 0.1) is 0 Å². The van der Waals surface area contributed by atoms with Gasteiger partial charge in [-0.15, -0.1) is 0 Å². The fraction of sp³-hybridized carbons (Fsp3) is 0.211. The summed E-state index contributed by atoms with van der Waals surface area (Å²) >= 11 is 14.0. The molecule has 0 spiro atoms. The molecule has 0 saturated carbocycles. The van der Waals surface area contributed by atoms with Crippen molar-refractivity contribution in [3.05, 3.63) is 69.8 Å². The summed E-state index contributed by atoms with van der Waals surface area (Å²) in [7, 11) is 0. The third kappa shape index (κ3) is 4.14. The van der Waals surface area contributed by atoms with Crippen molar-refractivity contribution >= 4 is 51.8 Å². The second kappa shape index (κ2) is 8.17. The number of halogens is 2. The number of amides is 1. The first-order chi connectivity index (χ1) is 12.1. The van der Waals surface area contributed by atoms with Crippen LogP contribution >= 0.6 is 35.0 Å². The summed E-state index contributed by atoms with van der Waals surface area (Å²) in [4.78, 5) is 15.3. The number of nitrogens with one attached hydrogen (secondary N) is 2. The molecular formula is C19H18Cl2N2OS. The normalized spacial score (nSPS) is 12.3. The molecule has 0 saturated heterocycles. The van der Waals surface area contributed by atoms with Crippen molar-refractivity contribution in [2.45, 2.75) is 5.92 Å². The molecule has 1 unspecified atom stereocenters. The van der Waals surface area contributed by atoms with Gasteiger partial charge in [-0.05, 0) is 35.6 Å². The molecular weight excluding hydrogens is 375 g/mol. The molecule has 3 nitrogen and oxygen atoms in total. The van der Waals surface area contributed by atoms with E-state index >= 15 is 0 Å². The lowest BCUT2D eigenvalue weighted by atomic mass is 9.90. The fourth-order valence-electron chi connectivity index (χ4n) is 2.95. The highest BCUT2D eigenvalue weighted by Gasteiger charge is 2.21. The zero-order valence-corrected chi connectivity index (χ0v) is 16.0. The topological polar surface area (TPSA) is 44.9 Å². The van der Waals surface area contributed by atoms with Crippen LogP contribution in [0.15, 0.2) is 48.7 Å². The minimum absolute atomic E-state index is 0.0161. The minimum atomic E-state index is -0.0632. The number of hydrogen-bond donors (Lipinski definition) is 2. The molecule has 25 heavy (non-hydrogen) atoms. The van der Waals surface area contributed by atoms with Crippen molar-refractivity contribution < 1.29 is 4.79 Å². The van der Waals surface area contributed by atoms with E-state index in [9.17, 15) is 4.79 Å². The van der Waals surface area contributed by atoms with Crippen LogP contribution in [0.4, 0.5) is 0 Å². The predicted molar refractivity (Wildman–Crippen MR) is 108 cm³/mol. The van der Waals surface area contributed by atoms with Gasteiger partial charge in [-0.2, -0.15) is 11.8 Å². The Morgan fingerprint density at radius 1 is 1.20 bits per heavy atom. The molecule has 1 heterocycles. The molecule has 1 amide bonds. The number of fused-ring (bicyclic) bond motifs is 1. The van der Waals surface area contributed by atoms with Crippen molar-refractivity contribution in [2.75, 3.05) is 18.6 Å². The van der Waals surface area contributed by atoms with Crippen molar-refractivity contribution in [1.29, 1.82) is 0 Å². The van der Waals surface area contributed by atoms with Gasteiger partial charge in [-0.3, -0.25) is 4.79 Å². The molecule has 3 rings (SSSR count). The Kier molecular flexibility index (Phi) is 5.94. The van der Waals surface area contributed by atoms with Crippen LogP contribution in [-0.2, 0) is 4.79 Å². The van der Waals surface area contributed by atoms with E-state index in [1.54, 1.807) is 6.07 Å². The number of thioether (sulfide) groups is 1. The molecule has 0 radical (unpaired) electrons. The molecule has 0 fully saturated rings. The van der Waals surface area contributed by atoms with Crippen molar-refractivity contribution in [1.82, 2.24) is 10.3 Å². The van der Waals surface area contributed by atoms with Gasteiger partial charge in [0.05, 0.1) is 5.75 Å². The molecule has 2 aromatic carbocycles. The third-order valence-electron chi connectivity index (χ3n) is 4.11. The van der Waals surface area contributed by atoms with Gasteiger partial charge in [0.1, 0.15) is 0 Å². The number of aromatic amines is 1. The van der Waals surface area contributed by atoms with E-state index in [0.717, 1.165) is 22.0 Å². The summed E-state index contributed by atoms with van der Waals surface area (Å²) in [6, 6.07) is 13.6. The van der Waals surface area contributed by atoms with E-state index in [-0.39, 0.29) is 11.8 Å². The first-order valence-electron chi connectivity index (χ1n) is 7.86. The number of H-pyrrole nitrogens is 1. The fourth-order valence-corrected chi connectivity index (χ4v) is 3.86. The van der Waals surface area contributed by atoms with Crippen molar-refractivity contribution in [2.24, 2.45) is 0 Å². The lowest BCUT2D eigenvalue weighted by molar-refractivity contribution is -0.118. The highest BCUT2D eigenvalue weighted by atomic mass is 35.5. The van der Waals surface area contributed by atoms with Crippen LogP contribution < -0.4 is 5.32 Å². The maximum Gasteiger partial charge on any atom is 0.230 e. The molecule has 0 aliphatic heterocycles. The number of rotatable bonds is 6. The summed E-state index contributed by atoms with van der Waals surface area (Å²) < 4.78 is 0. The van der Waals surface area contributed by atoms with Crippen LogP contribution in [0.5, 0.6) is 0 Å². The molecule has 130 valence electrons. The lowest BCUT2D eigenvalue weighted by Gasteiger charge is -2.19. The second-order valence-corrected chi connectivity index (χ2v) is 7.45. The highest BCUT2D eigenvalue weighted by molar-refractivity contribution is 7.99. The Labute approximate surface area is 161 Å². The smallest absolute Gasteiger partial charge is 0.230 e. The molecule has 0 bridgehead atoms. The average Bonchev–Trinajstić information content (AvgIpc) is 3.01. The Morgan fingerprint density at radius 2 is 2.00 bits per heavy atom. The Balaban J connectivity index is 2.00. The Bertz CT molecular complexity index is 894. The van der Waals surface area contributed by atoms with Gasteiger partial charge >= 0.3 is 0 Å². The first-order valence-corrected chi connectivity index (χ1v) is 10.0. The molecule has 2 N–H and O–H groups in total. The van der Waals surface area contributed by atoms with E-state index in [0.29, 0.717) is 22.3 Å². The Morgan fingerprint density at radius 3 is 2.76 bits per heavy atom. The SMILES string of the molecule is CSCC(=O)NCC(c1ccc(Cl)cc1Cl)c1c[nH]c2ccccc12. The van der Waals surface area contributed by atoms with Crippen molar-refractivity contribution in [3.63, 3.8) is 0 Å². The molecule has 0 aliphatic rings. The zero-order valence-electron chi connectivity index (χ0n) is 13.7. The summed E-state index contributed by atoms with van der Waals surface area (Å²) in [6.45, 7) is 0.475. The summed E-state index contributed by atoms with van der Waals surface area (Å²) in [6.07, 6.45) is 3.90. The largest absolute Gasteiger partial charge is 0.361 e. The molecule has 3 aromatic rings. The second-order valence-electron chi connectivity index (χ2n) is 5.75. The monoisotopic (exact) mass is 392 g/mol. The number of hydrogen-bond acceptors (Lipinski definition) is 2. The van der Waals surface area contributed by atoms with E-state index in [4.69, 9.17) is 23.2 Å². The van der Waals surface area contributed by atoms with Crippen LogP contribution in [0.2, 0.25) is 10.0 Å². The molecule has 6 heteroatoms. The van der Waals surface area contributed by atoms with E-state index in [2.05, 4.69) is 16.4 Å². The Hall–Kier alpha value is -1.62. The van der Waals surface area contributed by atoms with Crippen LogP contribution in [0.25, 0.3) is 10.9 Å². The number of para-hydroxylation sites is 1. The first kappa shape index (κ1) is 18.2.